The fraction of sp³-hybridized carbons (Fsp3) is 0.458. The third-order valence-corrected chi connectivity index (χ3v) is 10.2. The summed E-state index contributed by atoms with van der Waals surface area (Å²) in [4.78, 5) is 0. The van der Waals surface area contributed by atoms with Crippen molar-refractivity contribution in [3.05, 3.63) is 269 Å². The molecule has 0 amide bonds. The summed E-state index contributed by atoms with van der Waals surface area (Å²) >= 11 is 0. The minimum absolute atomic E-state index is 0. The van der Waals surface area contributed by atoms with Gasteiger partial charge in [-0.1, -0.05) is 369 Å². The van der Waals surface area contributed by atoms with E-state index in [2.05, 4.69) is 231 Å². The second-order valence-corrected chi connectivity index (χ2v) is 15.5. The van der Waals surface area contributed by atoms with Crippen molar-refractivity contribution in [1.29, 1.82) is 0 Å². The molecule has 1 radical (unpaired) electrons. The van der Waals surface area contributed by atoms with Gasteiger partial charge in [-0.2, -0.15) is 67.4 Å². The molecule has 0 spiro atoms. The molecule has 7 aromatic rings. The van der Waals surface area contributed by atoms with Gasteiger partial charge in [0.05, 0.1) is 0 Å². The summed E-state index contributed by atoms with van der Waals surface area (Å²) in [7, 11) is 0. The van der Waals surface area contributed by atoms with E-state index in [0.717, 1.165) is 54.4 Å². The molecule has 0 atom stereocenters. The van der Waals surface area contributed by atoms with Crippen molar-refractivity contribution >= 4 is 18.2 Å². The summed E-state index contributed by atoms with van der Waals surface area (Å²) in [5.74, 6) is 12.5. The standard InChI is InChI=1S/C20H22.C20H18.C12H17.C8H9.C6H4.14C2H6.C2H5.2W.Y/c2*1-3-5-6-18-11-13-20(14-12-18)16-15-19-9-7-17(4-2)8-10-19;1-3-4-5-6-12-9-7-11(2)8-10-12;1-2-8-6-4-3-5-7-8;1-2-4-6-5-3-1;15*1-2;;;/h5-16H,3-4H2,1-2H3;7-14H,3-4H2,1-2H3;7-10H,2-6H2,1H3;4-7H,2H2,1H3;1-2,5-6H;14*1-2H3;1H2,2H3;;;/q;;2*-1;-2;;;;;;;;;;;;;;;-1;2*+2;. The molecule has 0 saturated heterocycles. The molecule has 0 aliphatic carbocycles. The van der Waals surface area contributed by atoms with Gasteiger partial charge in [0.2, 0.25) is 0 Å². The Labute approximate surface area is 679 Å². The first-order valence-electron chi connectivity index (χ1n) is 38.5. The first kappa shape index (κ1) is 134. The van der Waals surface area contributed by atoms with Crippen LogP contribution in [0.1, 0.15) is 336 Å². The van der Waals surface area contributed by atoms with E-state index in [1.807, 2.05) is 255 Å². The van der Waals surface area contributed by atoms with E-state index < -0.39 is 0 Å². The average molecular weight is 1770 g/mol. The molecule has 3 heteroatoms. The van der Waals surface area contributed by atoms with Crippen molar-refractivity contribution in [1.82, 2.24) is 0 Å². The number of aryl methyl sites for hydroxylation is 4. The Hall–Kier alpha value is -4.51. The van der Waals surface area contributed by atoms with Gasteiger partial charge in [-0.25, -0.2) is 0 Å². The second kappa shape index (κ2) is 137. The van der Waals surface area contributed by atoms with Gasteiger partial charge in [0.25, 0.3) is 0 Å². The van der Waals surface area contributed by atoms with Crippen LogP contribution in [0, 0.1) is 55.7 Å². The van der Waals surface area contributed by atoms with E-state index in [1.165, 1.54) is 64.6 Å². The van der Waals surface area contributed by atoms with E-state index in [9.17, 15) is 0 Å². The van der Waals surface area contributed by atoms with Crippen LogP contribution >= 0.6 is 0 Å². The maximum absolute atomic E-state index is 3.86. The van der Waals surface area contributed by atoms with Crippen LogP contribution in [0.4, 0.5) is 0 Å². The maximum atomic E-state index is 3.86. The zero-order valence-electron chi connectivity index (χ0n) is 71.6. The molecule has 0 fully saturated rings. The van der Waals surface area contributed by atoms with Gasteiger partial charge in [-0.3, -0.25) is 24.3 Å². The van der Waals surface area contributed by atoms with Crippen molar-refractivity contribution in [3.63, 3.8) is 0 Å². The number of benzene rings is 7. The van der Waals surface area contributed by atoms with E-state index >= 15 is 0 Å². The predicted octanol–water partition coefficient (Wildman–Crippen LogP) is 32.4. The maximum Gasteiger partial charge on any atom is 2.00 e. The fourth-order valence-electron chi connectivity index (χ4n) is 6.07. The summed E-state index contributed by atoms with van der Waals surface area (Å²) in [6.07, 6.45) is 19.1. The molecule has 0 heterocycles. The summed E-state index contributed by atoms with van der Waals surface area (Å²) in [5, 5.41) is 0. The predicted molar refractivity (Wildman–Crippen MR) is 459 cm³/mol. The Morgan fingerprint density at radius 2 is 0.576 bits per heavy atom. The minimum atomic E-state index is 0. The van der Waals surface area contributed by atoms with Crippen LogP contribution in [-0.4, -0.2) is 0 Å². The Morgan fingerprint density at radius 1 is 0.313 bits per heavy atom. The Bertz CT molecular complexity index is 2440. The molecule has 7 aromatic carbocycles. The van der Waals surface area contributed by atoms with Gasteiger partial charge in [0.15, 0.2) is 0 Å². The quantitative estimate of drug-likeness (QED) is 0.0524. The topological polar surface area (TPSA) is 0 Å². The van der Waals surface area contributed by atoms with E-state index in [-0.39, 0.29) is 74.8 Å². The van der Waals surface area contributed by atoms with Crippen LogP contribution in [0.25, 0.3) is 18.2 Å². The van der Waals surface area contributed by atoms with Crippen LogP contribution in [-0.2, 0) is 101 Å². The van der Waals surface area contributed by atoms with Crippen molar-refractivity contribution in [2.45, 2.75) is 300 Å². The third kappa shape index (κ3) is 99.9. The average Bonchev–Trinajstić information content (AvgIpc) is 1.04. The minimum Gasteiger partial charge on any atom is -0.346 e. The molecule has 0 aromatic heterocycles. The molecule has 7 rings (SSSR count). The fourth-order valence-corrected chi connectivity index (χ4v) is 6.07. The normalized spacial score (nSPS) is 7.52. The first-order valence-corrected chi connectivity index (χ1v) is 38.5. The van der Waals surface area contributed by atoms with Crippen molar-refractivity contribution in [2.75, 3.05) is 0 Å². The molecule has 0 aliphatic heterocycles. The molecule has 0 bridgehead atoms. The number of allylic oxidation sites excluding steroid dienone is 1. The Balaban J connectivity index is -0.0000000579. The summed E-state index contributed by atoms with van der Waals surface area (Å²) in [6.45, 7) is 77.8. The number of rotatable bonds is 11. The van der Waals surface area contributed by atoms with E-state index in [0.29, 0.717) is 0 Å². The van der Waals surface area contributed by atoms with Crippen LogP contribution in [0.3, 0.4) is 0 Å². The smallest absolute Gasteiger partial charge is 0.346 e. The van der Waals surface area contributed by atoms with Gasteiger partial charge in [0, 0.05) is 55.8 Å². The molecular weight excluding hydrogens is 1610 g/mol. The number of unbranched alkanes of at least 4 members (excludes halogenated alkanes) is 2. The largest absolute Gasteiger partial charge is 2.00 e. The Morgan fingerprint density at radius 3 is 0.859 bits per heavy atom. The number of hydrogen-bond acceptors (Lipinski definition) is 0. The van der Waals surface area contributed by atoms with Gasteiger partial charge >= 0.3 is 42.1 Å². The Kier molecular flexibility index (Phi) is 185. The molecule has 0 nitrogen and oxygen atoms in total. The molecule has 0 unspecified atom stereocenters. The van der Waals surface area contributed by atoms with Gasteiger partial charge in [-0.15, -0.1) is 12.1 Å². The van der Waals surface area contributed by atoms with E-state index in [1.54, 1.807) is 6.92 Å². The van der Waals surface area contributed by atoms with Gasteiger partial charge in [0.1, 0.15) is 0 Å². The molecule has 99 heavy (non-hydrogen) atoms. The first-order chi connectivity index (χ1) is 47.4. The molecule has 0 saturated carbocycles. The van der Waals surface area contributed by atoms with Crippen molar-refractivity contribution in [2.24, 2.45) is 0 Å². The van der Waals surface area contributed by atoms with Crippen LogP contribution in [0.15, 0.2) is 176 Å². The SMILES string of the molecule is CC.CC.CC.CC.CC.CC.CC.CC.CC.CC.CC.CC.CC.CC.CCC#Cc1ccc(C#Cc2ccc(CC)cc2)cc1.CCC=Cc1ccc(C=Cc2ccc(CC)cc2)cc1.CCc1cc[c-]cc1.[CH2-]C.[CH2-]c1ccc(CCCCC)cc1.[W+2].[W+2].[Y].[c-]1cc[c-]cc1. The summed E-state index contributed by atoms with van der Waals surface area (Å²) < 4.78 is 0. The molecule has 0 aliphatic rings. The summed E-state index contributed by atoms with van der Waals surface area (Å²) in [5.41, 5.74) is 13.5. The molecular formula is C96H159W2Y-. The third-order valence-electron chi connectivity index (χ3n) is 10.2. The van der Waals surface area contributed by atoms with Crippen LogP contribution in [0.5, 0.6) is 0 Å². The zero-order chi connectivity index (χ0) is 77.3. The van der Waals surface area contributed by atoms with Crippen LogP contribution < -0.4 is 0 Å². The van der Waals surface area contributed by atoms with E-state index in [4.69, 9.17) is 0 Å². The van der Waals surface area contributed by atoms with Gasteiger partial charge in [-0.05, 0) is 96.3 Å². The van der Waals surface area contributed by atoms with Crippen LogP contribution in [0.2, 0.25) is 0 Å². The van der Waals surface area contributed by atoms with Crippen molar-refractivity contribution in [3.8, 4) is 23.7 Å². The van der Waals surface area contributed by atoms with Crippen molar-refractivity contribution < 1.29 is 74.8 Å². The van der Waals surface area contributed by atoms with Gasteiger partial charge < -0.3 is 19.1 Å². The monoisotopic (exact) mass is 1770 g/mol. The molecule has 0 N–H and O–H groups in total. The molecule has 559 valence electrons. The zero-order valence-corrected chi connectivity index (χ0v) is 80.4. The second-order valence-electron chi connectivity index (χ2n) is 15.5. The summed E-state index contributed by atoms with van der Waals surface area (Å²) in [6, 6.07) is 66.4. The number of hydrogen-bond donors (Lipinski definition) is 0.